The first-order valence-corrected chi connectivity index (χ1v) is 2.12. The van der Waals surface area contributed by atoms with Gasteiger partial charge in [0, 0.05) is 0 Å². The molecule has 3 heteroatoms. The summed E-state index contributed by atoms with van der Waals surface area (Å²) in [5.41, 5.74) is 0. The second-order valence-corrected chi connectivity index (χ2v) is 0.957. The molecule has 0 heterocycles. The summed E-state index contributed by atoms with van der Waals surface area (Å²) in [4.78, 5) is 0. The maximum atomic E-state index is 3.11. The molecule has 0 aliphatic rings. The summed E-state index contributed by atoms with van der Waals surface area (Å²) < 4.78 is 0. The first-order chi connectivity index (χ1) is 2.41. The summed E-state index contributed by atoms with van der Waals surface area (Å²) in [6.07, 6.45) is 0. The molecule has 5 N–H and O–H groups in total. The van der Waals surface area contributed by atoms with Crippen LogP contribution >= 0.6 is 0 Å². The zero-order chi connectivity index (χ0) is 4.12. The van der Waals surface area contributed by atoms with Crippen LogP contribution in [0.5, 0.6) is 0 Å². The van der Waals surface area contributed by atoms with Crippen LogP contribution in [0.25, 0.3) is 0 Å². The van der Waals surface area contributed by atoms with E-state index in [2.05, 4.69) is 19.2 Å². The van der Waals surface area contributed by atoms with Gasteiger partial charge in [-0.15, -0.1) is 0 Å². The molecule has 0 radical (unpaired) electrons. The summed E-state index contributed by atoms with van der Waals surface area (Å²) in [5, 5.41) is 3.11. The molecule has 0 fully saturated rings. The molecule has 0 unspecified atom stereocenters. The molecular weight excluding hydrogens is 94.0 g/mol. The Kier molecular flexibility index (Phi) is 38.1. The van der Waals surface area contributed by atoms with Crippen molar-refractivity contribution in [3.05, 3.63) is 0 Å². The van der Waals surface area contributed by atoms with E-state index in [0.29, 0.717) is 0 Å². The molecule has 0 aromatic heterocycles. The van der Waals surface area contributed by atoms with E-state index in [9.17, 15) is 0 Å². The maximum absolute atomic E-state index is 3.11. The van der Waals surface area contributed by atoms with Gasteiger partial charge in [0.15, 0.2) is 0 Å². The van der Waals surface area contributed by atoms with Gasteiger partial charge in [0.1, 0.15) is 0 Å². The van der Waals surface area contributed by atoms with E-state index >= 15 is 0 Å². The highest BCUT2D eigenvalue weighted by Gasteiger charge is 1.62. The van der Waals surface area contributed by atoms with Crippen molar-refractivity contribution < 1.29 is 11.0 Å². The van der Waals surface area contributed by atoms with Gasteiger partial charge < -0.3 is 16.3 Å². The molecule has 0 spiro atoms. The lowest BCUT2D eigenvalue weighted by Gasteiger charge is -1.86. The van der Waals surface area contributed by atoms with Crippen molar-refractivity contribution in [1.29, 1.82) is 0 Å². The largest absolute Gasteiger partial charge is 0.412 e. The molecule has 0 amide bonds. The molecule has 3 nitrogen and oxygen atoms in total. The van der Waals surface area contributed by atoms with Gasteiger partial charge in [0.05, 0.1) is 0 Å². The van der Waals surface area contributed by atoms with Gasteiger partial charge in [-0.05, 0) is 13.1 Å². The fraction of sp³-hybridized carbons (Fsp3) is 1.00. The Morgan fingerprint density at radius 2 is 1.29 bits per heavy atom. The van der Waals surface area contributed by atoms with Crippen LogP contribution < -0.4 is 5.32 Å². The first-order valence-electron chi connectivity index (χ1n) is 2.12. The normalized spacial score (nSPS) is 6.00. The van der Waals surface area contributed by atoms with E-state index in [0.717, 1.165) is 13.1 Å². The molecule has 0 saturated carbocycles. The zero-order valence-corrected chi connectivity index (χ0v) is 4.91. The third kappa shape index (κ3) is 25.0. The highest BCUT2D eigenvalue weighted by molar-refractivity contribution is 4.27. The van der Waals surface area contributed by atoms with Crippen LogP contribution in [-0.4, -0.2) is 24.0 Å². The lowest BCUT2D eigenvalue weighted by atomic mass is 10.7. The van der Waals surface area contributed by atoms with E-state index in [1.165, 1.54) is 0 Å². The fourth-order valence-electron chi connectivity index (χ4n) is 0.250. The van der Waals surface area contributed by atoms with Crippen molar-refractivity contribution in [2.24, 2.45) is 0 Å². The van der Waals surface area contributed by atoms with Crippen molar-refractivity contribution in [3.8, 4) is 0 Å². The van der Waals surface area contributed by atoms with Crippen LogP contribution in [0.1, 0.15) is 13.8 Å². The summed E-state index contributed by atoms with van der Waals surface area (Å²) in [5.74, 6) is 0. The van der Waals surface area contributed by atoms with Crippen molar-refractivity contribution in [1.82, 2.24) is 5.32 Å². The molecular formula is C4H15NO2. The van der Waals surface area contributed by atoms with Crippen molar-refractivity contribution in [3.63, 3.8) is 0 Å². The molecule has 7 heavy (non-hydrogen) atoms. The summed E-state index contributed by atoms with van der Waals surface area (Å²) in [6.45, 7) is 6.39. The Labute approximate surface area is 44.3 Å². The standard InChI is InChI=1S/C4H11N.2H2O/c1-3-5-4-2;;/h5H,3-4H2,1-2H3;2*1H2. The lowest BCUT2D eigenvalue weighted by Crippen LogP contribution is -2.09. The van der Waals surface area contributed by atoms with E-state index in [1.807, 2.05) is 0 Å². The molecule has 0 aromatic rings. The lowest BCUT2D eigenvalue weighted by molar-refractivity contribution is 0.762. The van der Waals surface area contributed by atoms with Gasteiger partial charge in [0.25, 0.3) is 0 Å². The van der Waals surface area contributed by atoms with Crippen LogP contribution in [0.3, 0.4) is 0 Å². The van der Waals surface area contributed by atoms with Crippen LogP contribution in [0, 0.1) is 0 Å². The number of rotatable bonds is 2. The predicted molar refractivity (Wildman–Crippen MR) is 31.4 cm³/mol. The molecule has 0 rings (SSSR count). The number of hydrogen-bond acceptors (Lipinski definition) is 1. The van der Waals surface area contributed by atoms with Crippen LogP contribution in [0.2, 0.25) is 0 Å². The Morgan fingerprint density at radius 3 is 1.29 bits per heavy atom. The highest BCUT2D eigenvalue weighted by Crippen LogP contribution is 1.47. The van der Waals surface area contributed by atoms with Gasteiger partial charge in [-0.3, -0.25) is 0 Å². The van der Waals surface area contributed by atoms with Crippen LogP contribution in [0.4, 0.5) is 0 Å². The number of nitrogens with one attached hydrogen (secondary N) is 1. The first kappa shape index (κ1) is 15.8. The summed E-state index contributed by atoms with van der Waals surface area (Å²) in [6, 6.07) is 0. The maximum Gasteiger partial charge on any atom is -0.00775 e. The third-order valence-corrected chi connectivity index (χ3v) is 0.500. The average Bonchev–Trinajstić information content (AvgIpc) is 1.41. The fourth-order valence-corrected chi connectivity index (χ4v) is 0.250. The van der Waals surface area contributed by atoms with E-state index < -0.39 is 0 Å². The Hall–Kier alpha value is -0.120. The Bertz CT molecular complexity index is 17.2. The second-order valence-electron chi connectivity index (χ2n) is 0.957. The Morgan fingerprint density at radius 1 is 1.00 bits per heavy atom. The van der Waals surface area contributed by atoms with Gasteiger partial charge in [0.2, 0.25) is 0 Å². The van der Waals surface area contributed by atoms with Gasteiger partial charge in [-0.25, -0.2) is 0 Å². The average molecular weight is 109 g/mol. The highest BCUT2D eigenvalue weighted by atomic mass is 16.0. The molecule has 0 aromatic carbocycles. The van der Waals surface area contributed by atoms with Gasteiger partial charge >= 0.3 is 0 Å². The van der Waals surface area contributed by atoms with E-state index in [-0.39, 0.29) is 11.0 Å². The quantitative estimate of drug-likeness (QED) is 0.483. The molecule has 0 bridgehead atoms. The SMILES string of the molecule is CCNCC.O.O. The van der Waals surface area contributed by atoms with E-state index in [4.69, 9.17) is 0 Å². The van der Waals surface area contributed by atoms with Crippen molar-refractivity contribution in [2.75, 3.05) is 13.1 Å². The zero-order valence-electron chi connectivity index (χ0n) is 4.91. The van der Waals surface area contributed by atoms with Gasteiger partial charge in [-0.1, -0.05) is 13.8 Å². The third-order valence-electron chi connectivity index (χ3n) is 0.500. The van der Waals surface area contributed by atoms with Crippen molar-refractivity contribution >= 4 is 0 Å². The topological polar surface area (TPSA) is 75.0 Å². The Balaban J connectivity index is -0.0000000800. The number of hydrogen-bond donors (Lipinski definition) is 1. The van der Waals surface area contributed by atoms with Gasteiger partial charge in [-0.2, -0.15) is 0 Å². The molecule has 0 aliphatic heterocycles. The monoisotopic (exact) mass is 109 g/mol. The second kappa shape index (κ2) is 16.9. The molecule has 48 valence electrons. The van der Waals surface area contributed by atoms with Crippen molar-refractivity contribution in [2.45, 2.75) is 13.8 Å². The minimum Gasteiger partial charge on any atom is -0.412 e. The molecule has 0 saturated heterocycles. The molecule has 0 atom stereocenters. The minimum atomic E-state index is 0. The smallest absolute Gasteiger partial charge is 0.00775 e. The summed E-state index contributed by atoms with van der Waals surface area (Å²) in [7, 11) is 0. The predicted octanol–water partition coefficient (Wildman–Crippen LogP) is -1.03. The minimum absolute atomic E-state index is 0. The van der Waals surface area contributed by atoms with E-state index in [1.54, 1.807) is 0 Å². The molecule has 0 aliphatic carbocycles. The summed E-state index contributed by atoms with van der Waals surface area (Å²) >= 11 is 0. The van der Waals surface area contributed by atoms with Crippen LogP contribution in [0.15, 0.2) is 0 Å². The van der Waals surface area contributed by atoms with Crippen LogP contribution in [-0.2, 0) is 0 Å².